The molecule has 0 N–H and O–H groups in total. The van der Waals surface area contributed by atoms with Crippen molar-refractivity contribution in [3.05, 3.63) is 64.7 Å². The lowest BCUT2D eigenvalue weighted by molar-refractivity contribution is 0.0746. The van der Waals surface area contributed by atoms with E-state index in [4.69, 9.17) is 11.6 Å². The van der Waals surface area contributed by atoms with E-state index in [0.29, 0.717) is 0 Å². The Morgan fingerprint density at radius 2 is 1.93 bits per heavy atom. The molecule has 28 heavy (non-hydrogen) atoms. The summed E-state index contributed by atoms with van der Waals surface area (Å²) in [6, 6.07) is 15.9. The second-order valence-electron chi connectivity index (χ2n) is 6.70. The Labute approximate surface area is 179 Å². The van der Waals surface area contributed by atoms with Crippen LogP contribution in [-0.4, -0.2) is 53.7 Å². The zero-order chi connectivity index (χ0) is 19.3. The van der Waals surface area contributed by atoms with Crippen LogP contribution in [0.3, 0.4) is 0 Å². The molecule has 2 aromatic rings. The molecule has 146 valence electrons. The molecule has 4 nitrogen and oxygen atoms in total. The molecular formula is C21H22ClN3OS2. The maximum Gasteiger partial charge on any atom is 0.254 e. The van der Waals surface area contributed by atoms with Crippen LogP contribution in [0.1, 0.15) is 15.9 Å². The number of benzene rings is 2. The number of amides is 1. The molecule has 1 amide bonds. The van der Waals surface area contributed by atoms with E-state index in [2.05, 4.69) is 22.0 Å². The Morgan fingerprint density at radius 1 is 1.11 bits per heavy atom. The Balaban J connectivity index is 1.40. The zero-order valence-corrected chi connectivity index (χ0v) is 17.9. The lowest BCUT2D eigenvalue weighted by atomic mass is 10.1. The maximum atomic E-state index is 13.2. The Morgan fingerprint density at radius 3 is 2.68 bits per heavy atom. The summed E-state index contributed by atoms with van der Waals surface area (Å²) in [5.74, 6) is 1.98. The molecule has 0 spiro atoms. The third-order valence-electron chi connectivity index (χ3n) is 4.90. The second kappa shape index (κ2) is 9.25. The van der Waals surface area contributed by atoms with E-state index >= 15 is 0 Å². The molecule has 0 aromatic heterocycles. The molecule has 0 unspecified atom stereocenters. The fourth-order valence-electron chi connectivity index (χ4n) is 3.41. The molecule has 2 aliphatic rings. The van der Waals surface area contributed by atoms with Crippen LogP contribution in [0.15, 0.2) is 53.5 Å². The predicted octanol–water partition coefficient (Wildman–Crippen LogP) is 4.64. The highest BCUT2D eigenvalue weighted by atomic mass is 35.5. The third kappa shape index (κ3) is 4.67. The topological polar surface area (TPSA) is 35.9 Å². The fourth-order valence-corrected chi connectivity index (χ4v) is 5.61. The SMILES string of the molecule is O=C(c1ccccc1CSC1=NCCS1)N1CCN(c2cccc(Cl)c2)CC1. The highest BCUT2D eigenvalue weighted by molar-refractivity contribution is 8.38. The number of carbonyl (C=O) groups excluding carboxylic acids is 1. The number of carbonyl (C=O) groups is 1. The average molecular weight is 432 g/mol. The van der Waals surface area contributed by atoms with E-state index in [1.807, 2.05) is 41.3 Å². The molecule has 2 heterocycles. The van der Waals surface area contributed by atoms with Crippen LogP contribution in [0.5, 0.6) is 0 Å². The molecule has 0 atom stereocenters. The average Bonchev–Trinajstić information content (AvgIpc) is 3.26. The van der Waals surface area contributed by atoms with Crippen molar-refractivity contribution in [2.24, 2.45) is 4.99 Å². The van der Waals surface area contributed by atoms with Gasteiger partial charge in [-0.3, -0.25) is 9.79 Å². The molecule has 0 saturated carbocycles. The molecule has 1 saturated heterocycles. The summed E-state index contributed by atoms with van der Waals surface area (Å²) in [4.78, 5) is 21.9. The summed E-state index contributed by atoms with van der Waals surface area (Å²) in [6.45, 7) is 3.97. The number of hydrogen-bond acceptors (Lipinski definition) is 5. The summed E-state index contributed by atoms with van der Waals surface area (Å²) in [7, 11) is 0. The van der Waals surface area contributed by atoms with Crippen LogP contribution < -0.4 is 4.90 Å². The minimum absolute atomic E-state index is 0.128. The first kappa shape index (κ1) is 19.7. The molecule has 2 aromatic carbocycles. The fraction of sp³-hybridized carbons (Fsp3) is 0.333. The van der Waals surface area contributed by atoms with Gasteiger partial charge in [0, 0.05) is 54.0 Å². The van der Waals surface area contributed by atoms with Crippen LogP contribution in [0.4, 0.5) is 5.69 Å². The third-order valence-corrected chi connectivity index (χ3v) is 7.43. The largest absolute Gasteiger partial charge is 0.368 e. The van der Waals surface area contributed by atoms with Gasteiger partial charge >= 0.3 is 0 Å². The van der Waals surface area contributed by atoms with Gasteiger partial charge in [0.05, 0.1) is 6.54 Å². The lowest BCUT2D eigenvalue weighted by Gasteiger charge is -2.36. The van der Waals surface area contributed by atoms with Crippen LogP contribution in [0, 0.1) is 0 Å². The van der Waals surface area contributed by atoms with Gasteiger partial charge in [-0.2, -0.15) is 0 Å². The van der Waals surface area contributed by atoms with Crippen molar-refractivity contribution < 1.29 is 4.79 Å². The van der Waals surface area contributed by atoms with E-state index in [-0.39, 0.29) is 5.91 Å². The first-order valence-electron chi connectivity index (χ1n) is 9.38. The molecule has 0 aliphatic carbocycles. The number of aliphatic imine (C=N–C) groups is 1. The van der Waals surface area contributed by atoms with Crippen LogP contribution in [0.25, 0.3) is 0 Å². The van der Waals surface area contributed by atoms with Crippen LogP contribution in [-0.2, 0) is 5.75 Å². The van der Waals surface area contributed by atoms with Gasteiger partial charge in [-0.1, -0.05) is 59.4 Å². The van der Waals surface area contributed by atoms with Gasteiger partial charge in [0.1, 0.15) is 4.38 Å². The van der Waals surface area contributed by atoms with Crippen molar-refractivity contribution in [2.45, 2.75) is 5.75 Å². The molecule has 0 bridgehead atoms. The number of halogens is 1. The van der Waals surface area contributed by atoms with Crippen molar-refractivity contribution >= 4 is 51.1 Å². The quantitative estimate of drug-likeness (QED) is 0.706. The summed E-state index contributed by atoms with van der Waals surface area (Å²) < 4.78 is 1.14. The number of piperazine rings is 1. The van der Waals surface area contributed by atoms with Gasteiger partial charge in [-0.05, 0) is 29.8 Å². The highest BCUT2D eigenvalue weighted by Crippen LogP contribution is 2.27. The normalized spacial score (nSPS) is 17.0. The number of hydrogen-bond donors (Lipinski definition) is 0. The first-order valence-corrected chi connectivity index (χ1v) is 11.7. The van der Waals surface area contributed by atoms with E-state index in [0.717, 1.165) is 70.4 Å². The van der Waals surface area contributed by atoms with Gasteiger partial charge in [0.25, 0.3) is 5.91 Å². The van der Waals surface area contributed by atoms with Gasteiger partial charge in [0.15, 0.2) is 0 Å². The standard InChI is InChI=1S/C21H22ClN3OS2/c22-17-5-3-6-18(14-17)24-9-11-25(12-10-24)20(26)19-7-2-1-4-16(19)15-28-21-23-8-13-27-21/h1-7,14H,8-13,15H2. The molecule has 2 aliphatic heterocycles. The maximum absolute atomic E-state index is 13.2. The van der Waals surface area contributed by atoms with Crippen molar-refractivity contribution in [2.75, 3.05) is 43.4 Å². The van der Waals surface area contributed by atoms with Crippen molar-refractivity contribution in [1.82, 2.24) is 4.90 Å². The number of rotatable bonds is 4. The predicted molar refractivity (Wildman–Crippen MR) is 122 cm³/mol. The van der Waals surface area contributed by atoms with Crippen molar-refractivity contribution in [3.63, 3.8) is 0 Å². The summed E-state index contributed by atoms with van der Waals surface area (Å²) in [5, 5.41) is 0.743. The Kier molecular flexibility index (Phi) is 6.50. The molecule has 0 radical (unpaired) electrons. The van der Waals surface area contributed by atoms with Gasteiger partial charge in [-0.25, -0.2) is 0 Å². The smallest absolute Gasteiger partial charge is 0.254 e. The van der Waals surface area contributed by atoms with Crippen LogP contribution in [0.2, 0.25) is 5.02 Å². The highest BCUT2D eigenvalue weighted by Gasteiger charge is 2.24. The van der Waals surface area contributed by atoms with Gasteiger partial charge in [0.2, 0.25) is 0 Å². The zero-order valence-electron chi connectivity index (χ0n) is 15.5. The molecule has 1 fully saturated rings. The second-order valence-corrected chi connectivity index (χ2v) is 9.44. The number of anilines is 1. The van der Waals surface area contributed by atoms with E-state index in [9.17, 15) is 4.79 Å². The van der Waals surface area contributed by atoms with E-state index < -0.39 is 0 Å². The number of nitrogens with zero attached hydrogens (tertiary/aromatic N) is 3. The molecular weight excluding hydrogens is 410 g/mol. The monoisotopic (exact) mass is 431 g/mol. The summed E-state index contributed by atoms with van der Waals surface area (Å²) in [5.41, 5.74) is 3.02. The van der Waals surface area contributed by atoms with Crippen molar-refractivity contribution in [3.8, 4) is 0 Å². The first-order chi connectivity index (χ1) is 13.7. The lowest BCUT2D eigenvalue weighted by Crippen LogP contribution is -2.49. The van der Waals surface area contributed by atoms with Crippen LogP contribution >= 0.6 is 35.1 Å². The number of thioether (sulfide) groups is 2. The van der Waals surface area contributed by atoms with Gasteiger partial charge < -0.3 is 9.80 Å². The summed E-state index contributed by atoms with van der Waals surface area (Å²) >= 11 is 9.66. The molecule has 7 heteroatoms. The Bertz CT molecular complexity index is 881. The minimum atomic E-state index is 0.128. The van der Waals surface area contributed by atoms with Gasteiger partial charge in [-0.15, -0.1) is 0 Å². The Hall–Kier alpha value is -1.63. The molecule has 4 rings (SSSR count). The van der Waals surface area contributed by atoms with E-state index in [1.54, 1.807) is 23.5 Å². The van der Waals surface area contributed by atoms with Crippen molar-refractivity contribution in [1.29, 1.82) is 0 Å². The summed E-state index contributed by atoms with van der Waals surface area (Å²) in [6.07, 6.45) is 0. The minimum Gasteiger partial charge on any atom is -0.368 e. The van der Waals surface area contributed by atoms with E-state index in [1.165, 1.54) is 0 Å².